The lowest BCUT2D eigenvalue weighted by atomic mass is 9.98. The van der Waals surface area contributed by atoms with Gasteiger partial charge >= 0.3 is 0 Å². The Hall–Kier alpha value is -2.41. The van der Waals surface area contributed by atoms with Gasteiger partial charge in [-0.05, 0) is 51.5 Å². The minimum absolute atomic E-state index is 0.0595. The zero-order valence-electron chi connectivity index (χ0n) is 16.4. The van der Waals surface area contributed by atoms with E-state index in [9.17, 15) is 4.39 Å². The summed E-state index contributed by atoms with van der Waals surface area (Å²) in [5.41, 5.74) is 1.86. The van der Waals surface area contributed by atoms with Gasteiger partial charge in [-0.2, -0.15) is 5.10 Å². The van der Waals surface area contributed by atoms with Crippen molar-refractivity contribution in [2.75, 3.05) is 6.54 Å². The van der Waals surface area contributed by atoms with Gasteiger partial charge in [0.2, 0.25) is 0 Å². The third-order valence-corrected chi connectivity index (χ3v) is 5.02. The largest absolute Gasteiger partial charge is 0.489 e. The summed E-state index contributed by atoms with van der Waals surface area (Å²) < 4.78 is 20.1. The van der Waals surface area contributed by atoms with E-state index < -0.39 is 6.17 Å². The van der Waals surface area contributed by atoms with E-state index in [4.69, 9.17) is 9.73 Å². The molecule has 0 spiro atoms. The number of rotatable bonds is 1. The van der Waals surface area contributed by atoms with Crippen molar-refractivity contribution in [1.29, 1.82) is 0 Å². The molecule has 2 N–H and O–H groups in total. The number of fused-ring (bicyclic) bond motifs is 3. The lowest BCUT2D eigenvalue weighted by molar-refractivity contribution is 0.130. The van der Waals surface area contributed by atoms with Gasteiger partial charge in [0, 0.05) is 37.5 Å². The summed E-state index contributed by atoms with van der Waals surface area (Å²) in [6.07, 6.45) is 6.38. The van der Waals surface area contributed by atoms with Gasteiger partial charge in [0.05, 0.1) is 6.04 Å². The Labute approximate surface area is 160 Å². The second-order valence-corrected chi connectivity index (χ2v) is 7.15. The van der Waals surface area contributed by atoms with E-state index in [1.165, 1.54) is 0 Å². The monoisotopic (exact) mass is 373 g/mol. The third kappa shape index (κ3) is 4.30. The molecule has 146 valence electrons. The zero-order valence-corrected chi connectivity index (χ0v) is 16.4. The second kappa shape index (κ2) is 8.08. The number of ether oxygens (including phenoxy) is 1. The van der Waals surface area contributed by atoms with Crippen molar-refractivity contribution < 1.29 is 9.13 Å². The highest BCUT2D eigenvalue weighted by atomic mass is 19.1. The predicted octanol–water partition coefficient (Wildman–Crippen LogP) is 2.99. The fourth-order valence-corrected chi connectivity index (χ4v) is 3.29. The van der Waals surface area contributed by atoms with Crippen LogP contribution in [0, 0.1) is 0 Å². The molecule has 0 saturated carbocycles. The van der Waals surface area contributed by atoms with Gasteiger partial charge in [0.1, 0.15) is 29.7 Å². The average Bonchev–Trinajstić information content (AvgIpc) is 2.66. The SMILES string of the molecule is C=NN1C=CC2=N[C@H](C)C3=CC(F)CC=C3O[C@@H](C)CNC(C)/C(C)=C/1N2. The van der Waals surface area contributed by atoms with Crippen molar-refractivity contribution in [2.24, 2.45) is 10.1 Å². The summed E-state index contributed by atoms with van der Waals surface area (Å²) in [4.78, 5) is 4.75. The van der Waals surface area contributed by atoms with Gasteiger partial charge in [-0.25, -0.2) is 9.40 Å². The average molecular weight is 373 g/mol. The second-order valence-electron chi connectivity index (χ2n) is 7.15. The number of hydrazone groups is 1. The van der Waals surface area contributed by atoms with Gasteiger partial charge < -0.3 is 15.4 Å². The highest BCUT2D eigenvalue weighted by Crippen LogP contribution is 2.28. The normalized spacial score (nSPS) is 34.4. The molecule has 0 aromatic carbocycles. The minimum Gasteiger partial charge on any atom is -0.489 e. The van der Waals surface area contributed by atoms with Crippen LogP contribution in [0.3, 0.4) is 0 Å². The van der Waals surface area contributed by atoms with Gasteiger partial charge in [-0.3, -0.25) is 4.99 Å². The number of hydrogen-bond donors (Lipinski definition) is 2. The van der Waals surface area contributed by atoms with Crippen LogP contribution in [0.1, 0.15) is 34.1 Å². The molecule has 2 heterocycles. The van der Waals surface area contributed by atoms with E-state index in [1.54, 1.807) is 11.1 Å². The molecule has 0 aromatic rings. The van der Waals surface area contributed by atoms with Crippen LogP contribution in [-0.4, -0.2) is 48.5 Å². The van der Waals surface area contributed by atoms with Crippen LogP contribution >= 0.6 is 0 Å². The van der Waals surface area contributed by atoms with Crippen LogP contribution in [0.25, 0.3) is 0 Å². The molecule has 1 aliphatic carbocycles. The first kappa shape index (κ1) is 19.4. The molecule has 4 atom stereocenters. The van der Waals surface area contributed by atoms with Crippen molar-refractivity contribution >= 4 is 12.6 Å². The molecule has 7 heteroatoms. The number of nitrogens with one attached hydrogen (secondary N) is 2. The fourth-order valence-electron chi connectivity index (χ4n) is 3.29. The highest BCUT2D eigenvalue weighted by molar-refractivity contribution is 5.95. The van der Waals surface area contributed by atoms with E-state index in [-0.39, 0.29) is 18.2 Å². The molecule has 0 saturated heterocycles. The molecule has 2 bridgehead atoms. The third-order valence-electron chi connectivity index (χ3n) is 5.02. The first-order chi connectivity index (χ1) is 12.9. The van der Waals surface area contributed by atoms with Gasteiger partial charge in [-0.1, -0.05) is 0 Å². The molecule has 0 aromatic heterocycles. The summed E-state index contributed by atoms with van der Waals surface area (Å²) in [5, 5.41) is 12.6. The maximum absolute atomic E-state index is 14.0. The molecule has 0 amide bonds. The number of alkyl halides is 1. The summed E-state index contributed by atoms with van der Waals surface area (Å²) in [7, 11) is 0. The van der Waals surface area contributed by atoms with Crippen LogP contribution in [0.2, 0.25) is 0 Å². The Morgan fingerprint density at radius 1 is 1.37 bits per heavy atom. The van der Waals surface area contributed by atoms with Crippen LogP contribution in [-0.2, 0) is 4.74 Å². The van der Waals surface area contributed by atoms with Crippen LogP contribution in [0.5, 0.6) is 0 Å². The van der Waals surface area contributed by atoms with Crippen molar-refractivity contribution in [3.05, 3.63) is 47.2 Å². The van der Waals surface area contributed by atoms with E-state index in [2.05, 4.69) is 29.4 Å². The smallest absolute Gasteiger partial charge is 0.133 e. The summed E-state index contributed by atoms with van der Waals surface area (Å²) in [6, 6.07) is -0.149. The quantitative estimate of drug-likeness (QED) is 0.694. The zero-order chi connectivity index (χ0) is 19.6. The molecule has 2 aliphatic heterocycles. The molecule has 0 fully saturated rings. The highest BCUT2D eigenvalue weighted by Gasteiger charge is 2.25. The minimum atomic E-state index is -1.01. The summed E-state index contributed by atoms with van der Waals surface area (Å²) in [5.74, 6) is 2.24. The molecule has 2 unspecified atom stereocenters. The van der Waals surface area contributed by atoms with Crippen LogP contribution in [0.15, 0.2) is 57.2 Å². The van der Waals surface area contributed by atoms with E-state index >= 15 is 0 Å². The Balaban J connectivity index is 2.03. The standard InChI is InChI=1S/C20H28FN5O/c1-12-11-23-14(3)13(2)20-25-19(8-9-26(20)22-5)24-15(4)17-10-16(21)6-7-18(17)27-12/h7-10,12,14-16,23H,5-6,11H2,1-4H3,(H,24,25)/b20-13+/t12-,14?,15+,16?/m0/s1. The summed E-state index contributed by atoms with van der Waals surface area (Å²) in [6.45, 7) is 12.4. The molecule has 3 rings (SSSR count). The first-order valence-electron chi connectivity index (χ1n) is 9.35. The molecular formula is C20H28FN5O. The van der Waals surface area contributed by atoms with Gasteiger partial charge in [-0.15, -0.1) is 0 Å². The van der Waals surface area contributed by atoms with E-state index in [0.29, 0.717) is 18.8 Å². The molecule has 27 heavy (non-hydrogen) atoms. The van der Waals surface area contributed by atoms with E-state index in [1.807, 2.05) is 39.1 Å². The van der Waals surface area contributed by atoms with Gasteiger partial charge in [0.15, 0.2) is 0 Å². The number of hydrogen-bond acceptors (Lipinski definition) is 6. The van der Waals surface area contributed by atoms with Crippen molar-refractivity contribution in [3.63, 3.8) is 0 Å². The predicted molar refractivity (Wildman–Crippen MR) is 107 cm³/mol. The molecule has 6 nitrogen and oxygen atoms in total. The van der Waals surface area contributed by atoms with Crippen molar-refractivity contribution in [2.45, 2.75) is 58.5 Å². The molecule has 3 aliphatic rings. The number of allylic oxidation sites excluding steroid dienone is 2. The number of amidine groups is 1. The van der Waals surface area contributed by atoms with Crippen molar-refractivity contribution in [3.8, 4) is 0 Å². The first-order valence-corrected chi connectivity index (χ1v) is 9.35. The Morgan fingerprint density at radius 2 is 2.15 bits per heavy atom. The van der Waals surface area contributed by atoms with Gasteiger partial charge in [0.25, 0.3) is 0 Å². The maximum atomic E-state index is 14.0. The lowest BCUT2D eigenvalue weighted by Crippen LogP contribution is -2.40. The maximum Gasteiger partial charge on any atom is 0.133 e. The lowest BCUT2D eigenvalue weighted by Gasteiger charge is -2.28. The Kier molecular flexibility index (Phi) is 5.79. The number of nitrogens with zero attached hydrogens (tertiary/aromatic N) is 3. The Bertz CT molecular complexity index is 751. The fraction of sp³-hybridized carbons (Fsp3) is 0.500. The molecular weight excluding hydrogens is 345 g/mol. The Morgan fingerprint density at radius 3 is 2.89 bits per heavy atom. The number of halogens is 1. The topological polar surface area (TPSA) is 61.2 Å². The molecule has 0 radical (unpaired) electrons. The van der Waals surface area contributed by atoms with Crippen LogP contribution in [0.4, 0.5) is 4.39 Å². The van der Waals surface area contributed by atoms with E-state index in [0.717, 1.165) is 22.7 Å². The summed E-state index contributed by atoms with van der Waals surface area (Å²) >= 11 is 0. The number of aliphatic imine (C=N–C) groups is 1. The van der Waals surface area contributed by atoms with Crippen molar-refractivity contribution in [1.82, 2.24) is 15.6 Å². The van der Waals surface area contributed by atoms with Crippen LogP contribution < -0.4 is 10.6 Å².